The molecule has 0 bridgehead atoms. The molecule has 100 valence electrons. The normalized spacial score (nSPS) is 16.2. The third-order valence-corrected chi connectivity index (χ3v) is 3.76. The molecule has 1 saturated carbocycles. The van der Waals surface area contributed by atoms with E-state index in [1.54, 1.807) is 21.3 Å². The van der Waals surface area contributed by atoms with E-state index in [0.29, 0.717) is 6.54 Å². The van der Waals surface area contributed by atoms with Gasteiger partial charge in [-0.2, -0.15) is 0 Å². The molecule has 0 atom stereocenters. The molecule has 18 heavy (non-hydrogen) atoms. The van der Waals surface area contributed by atoms with E-state index < -0.39 is 0 Å². The Balaban J connectivity index is 2.37. The lowest BCUT2D eigenvalue weighted by molar-refractivity contribution is 0.361. The molecule has 0 amide bonds. The molecule has 1 aromatic rings. The number of hydrogen-bond donors (Lipinski definition) is 1. The van der Waals surface area contributed by atoms with Gasteiger partial charge in [-0.3, -0.25) is 0 Å². The zero-order valence-corrected chi connectivity index (χ0v) is 11.3. The summed E-state index contributed by atoms with van der Waals surface area (Å²) in [5.41, 5.74) is 7.18. The Labute approximate surface area is 108 Å². The largest absolute Gasteiger partial charge is 0.496 e. The van der Waals surface area contributed by atoms with E-state index in [4.69, 9.17) is 19.9 Å². The molecule has 0 unspecified atom stereocenters. The minimum absolute atomic E-state index is 0.245. The maximum absolute atomic E-state index is 5.85. The predicted octanol–water partition coefficient (Wildman–Crippen LogP) is 1.99. The smallest absolute Gasteiger partial charge is 0.129 e. The lowest BCUT2D eigenvalue weighted by Gasteiger charge is -2.19. The molecule has 4 nitrogen and oxygen atoms in total. The van der Waals surface area contributed by atoms with E-state index in [-0.39, 0.29) is 5.41 Å². The van der Waals surface area contributed by atoms with Crippen molar-refractivity contribution in [3.05, 3.63) is 17.7 Å². The van der Waals surface area contributed by atoms with E-state index in [2.05, 4.69) is 0 Å². The van der Waals surface area contributed by atoms with Crippen molar-refractivity contribution in [1.82, 2.24) is 0 Å². The molecule has 0 spiro atoms. The fourth-order valence-corrected chi connectivity index (χ4v) is 2.26. The first kappa shape index (κ1) is 13.0. The lowest BCUT2D eigenvalue weighted by Crippen LogP contribution is -2.18. The van der Waals surface area contributed by atoms with Crippen molar-refractivity contribution in [2.45, 2.75) is 19.3 Å². The van der Waals surface area contributed by atoms with Crippen LogP contribution < -0.4 is 19.9 Å². The van der Waals surface area contributed by atoms with Crippen LogP contribution in [0.15, 0.2) is 12.1 Å². The molecule has 0 aromatic heterocycles. The Morgan fingerprint density at radius 2 is 1.61 bits per heavy atom. The van der Waals surface area contributed by atoms with Crippen molar-refractivity contribution in [1.29, 1.82) is 0 Å². The molecule has 4 heteroatoms. The number of ether oxygens (including phenoxy) is 3. The Morgan fingerprint density at radius 3 is 1.94 bits per heavy atom. The second-order valence-electron chi connectivity index (χ2n) is 4.89. The first-order chi connectivity index (χ1) is 8.68. The van der Waals surface area contributed by atoms with Crippen LogP contribution in [0.5, 0.6) is 17.2 Å². The SMILES string of the molecule is COc1cc(OC)c(CC2(CN)CC2)c(OC)c1. The Morgan fingerprint density at radius 1 is 1.06 bits per heavy atom. The monoisotopic (exact) mass is 251 g/mol. The predicted molar refractivity (Wildman–Crippen MR) is 70.5 cm³/mol. The van der Waals surface area contributed by atoms with Gasteiger partial charge in [-0.25, -0.2) is 0 Å². The van der Waals surface area contributed by atoms with E-state index in [9.17, 15) is 0 Å². The van der Waals surface area contributed by atoms with Crippen LogP contribution in [-0.2, 0) is 6.42 Å². The summed E-state index contributed by atoms with van der Waals surface area (Å²) < 4.78 is 16.1. The second kappa shape index (κ2) is 5.06. The first-order valence-electron chi connectivity index (χ1n) is 6.17. The van der Waals surface area contributed by atoms with Crippen LogP contribution in [0.3, 0.4) is 0 Å². The van der Waals surface area contributed by atoms with Crippen molar-refractivity contribution < 1.29 is 14.2 Å². The highest BCUT2D eigenvalue weighted by Crippen LogP contribution is 2.50. The third-order valence-electron chi connectivity index (χ3n) is 3.76. The van der Waals surface area contributed by atoms with Gasteiger partial charge in [0.1, 0.15) is 17.2 Å². The minimum Gasteiger partial charge on any atom is -0.496 e. The Hall–Kier alpha value is -1.42. The summed E-state index contributed by atoms with van der Waals surface area (Å²) in [6.45, 7) is 0.714. The van der Waals surface area contributed by atoms with Crippen molar-refractivity contribution in [2.75, 3.05) is 27.9 Å². The van der Waals surface area contributed by atoms with E-state index in [1.165, 1.54) is 12.8 Å². The lowest BCUT2D eigenvalue weighted by atomic mass is 9.95. The molecule has 2 N–H and O–H groups in total. The third kappa shape index (κ3) is 2.38. The van der Waals surface area contributed by atoms with Crippen LogP contribution >= 0.6 is 0 Å². The van der Waals surface area contributed by atoms with E-state index in [1.807, 2.05) is 12.1 Å². The van der Waals surface area contributed by atoms with E-state index >= 15 is 0 Å². The van der Waals surface area contributed by atoms with Crippen LogP contribution in [0.25, 0.3) is 0 Å². The van der Waals surface area contributed by atoms with Gasteiger partial charge in [-0.15, -0.1) is 0 Å². The molecule has 1 fully saturated rings. The molecule has 0 aliphatic heterocycles. The van der Waals surface area contributed by atoms with Crippen LogP contribution in [0.4, 0.5) is 0 Å². The summed E-state index contributed by atoms with van der Waals surface area (Å²) in [5.74, 6) is 2.36. The molecule has 0 radical (unpaired) electrons. The van der Waals surface area contributed by atoms with Gasteiger partial charge in [0.05, 0.1) is 21.3 Å². The van der Waals surface area contributed by atoms with Gasteiger partial charge in [-0.05, 0) is 31.2 Å². The summed E-state index contributed by atoms with van der Waals surface area (Å²) in [6.07, 6.45) is 3.27. The van der Waals surface area contributed by atoms with Crippen LogP contribution in [0, 0.1) is 5.41 Å². The van der Waals surface area contributed by atoms with Crippen molar-refractivity contribution in [2.24, 2.45) is 11.1 Å². The van der Waals surface area contributed by atoms with Gasteiger partial charge in [0, 0.05) is 17.7 Å². The fraction of sp³-hybridized carbons (Fsp3) is 0.571. The quantitative estimate of drug-likeness (QED) is 0.840. The summed E-state index contributed by atoms with van der Waals surface area (Å²) in [7, 11) is 4.97. The Bertz CT molecular complexity index is 402. The molecule has 0 heterocycles. The molecule has 1 aromatic carbocycles. The number of hydrogen-bond acceptors (Lipinski definition) is 4. The van der Waals surface area contributed by atoms with E-state index in [0.717, 1.165) is 29.2 Å². The summed E-state index contributed by atoms with van der Waals surface area (Å²) in [5, 5.41) is 0. The summed E-state index contributed by atoms with van der Waals surface area (Å²) in [4.78, 5) is 0. The Kier molecular flexibility index (Phi) is 3.66. The maximum Gasteiger partial charge on any atom is 0.129 e. The van der Waals surface area contributed by atoms with Gasteiger partial charge in [0.2, 0.25) is 0 Å². The highest BCUT2D eigenvalue weighted by Gasteiger charge is 2.42. The molecule has 1 aliphatic carbocycles. The van der Waals surface area contributed by atoms with Crippen LogP contribution in [0.2, 0.25) is 0 Å². The minimum atomic E-state index is 0.245. The van der Waals surface area contributed by atoms with Gasteiger partial charge in [-0.1, -0.05) is 0 Å². The number of rotatable bonds is 6. The van der Waals surface area contributed by atoms with Gasteiger partial charge in [0.25, 0.3) is 0 Å². The first-order valence-corrected chi connectivity index (χ1v) is 6.17. The van der Waals surface area contributed by atoms with Crippen LogP contribution in [-0.4, -0.2) is 27.9 Å². The molecule has 0 saturated heterocycles. The highest BCUT2D eigenvalue weighted by molar-refractivity contribution is 5.51. The van der Waals surface area contributed by atoms with Crippen molar-refractivity contribution in [3.63, 3.8) is 0 Å². The topological polar surface area (TPSA) is 53.7 Å². The van der Waals surface area contributed by atoms with Crippen molar-refractivity contribution >= 4 is 0 Å². The standard InChI is InChI=1S/C14H21NO3/c1-16-10-6-12(17-2)11(13(7-10)18-3)8-14(9-15)4-5-14/h6-7H,4-5,8-9,15H2,1-3H3. The zero-order valence-electron chi connectivity index (χ0n) is 11.3. The average molecular weight is 251 g/mol. The molecular formula is C14H21NO3. The second-order valence-corrected chi connectivity index (χ2v) is 4.89. The van der Waals surface area contributed by atoms with Gasteiger partial charge in [0.15, 0.2) is 0 Å². The number of benzene rings is 1. The number of nitrogens with two attached hydrogens (primary N) is 1. The highest BCUT2D eigenvalue weighted by atomic mass is 16.5. The zero-order chi connectivity index (χ0) is 13.2. The molecule has 2 rings (SSSR count). The number of methoxy groups -OCH3 is 3. The molecule has 1 aliphatic rings. The van der Waals surface area contributed by atoms with Crippen LogP contribution in [0.1, 0.15) is 18.4 Å². The molecular weight excluding hydrogens is 230 g/mol. The van der Waals surface area contributed by atoms with Gasteiger partial charge >= 0.3 is 0 Å². The van der Waals surface area contributed by atoms with Gasteiger partial charge < -0.3 is 19.9 Å². The average Bonchev–Trinajstić information content (AvgIpc) is 3.19. The fourth-order valence-electron chi connectivity index (χ4n) is 2.26. The van der Waals surface area contributed by atoms with Crippen molar-refractivity contribution in [3.8, 4) is 17.2 Å². The summed E-state index contributed by atoms with van der Waals surface area (Å²) >= 11 is 0. The maximum atomic E-state index is 5.85. The summed E-state index contributed by atoms with van der Waals surface area (Å²) in [6, 6.07) is 3.79.